The number of ether oxygens (including phenoxy) is 2. The predicted molar refractivity (Wildman–Crippen MR) is 244 cm³/mol. The predicted octanol–water partition coefficient (Wildman–Crippen LogP) is 10.4. The maximum absolute atomic E-state index is 12.8. The SMILES string of the molecule is COc1ccccc1Oc1cc(NCCC(F)(F)F)c2ncc(-c3ccc(C(=O)NC4CC4)c(C)c3)n2n1.Cc1cc(-c2cnc3c(NCCC(F)(F)F)cc(Cl)nn23)ccc1C(=O)NC1CC1. The molecule has 7 aromatic rings. The molecule has 4 N–H and O–H groups in total. The van der Waals surface area contributed by atoms with Crippen LogP contribution in [0.25, 0.3) is 33.8 Å². The number of imidazole rings is 2. The highest BCUT2D eigenvalue weighted by atomic mass is 35.5. The number of hydrogen-bond donors (Lipinski definition) is 4. The molecule has 2 saturated carbocycles. The van der Waals surface area contributed by atoms with Crippen molar-refractivity contribution in [3.05, 3.63) is 113 Å². The van der Waals surface area contributed by atoms with Gasteiger partial charge in [0, 0.05) is 59.6 Å². The van der Waals surface area contributed by atoms with Gasteiger partial charge in [-0.2, -0.15) is 31.4 Å². The van der Waals surface area contributed by atoms with Crippen molar-refractivity contribution >= 4 is 46.1 Å². The molecule has 0 aliphatic heterocycles. The van der Waals surface area contributed by atoms with Gasteiger partial charge in [0.2, 0.25) is 5.88 Å². The van der Waals surface area contributed by atoms with Crippen molar-refractivity contribution in [3.63, 3.8) is 0 Å². The van der Waals surface area contributed by atoms with Crippen LogP contribution in [0.1, 0.15) is 70.4 Å². The molecule has 4 aromatic heterocycles. The van der Waals surface area contributed by atoms with Crippen LogP contribution < -0.4 is 30.7 Å². The van der Waals surface area contributed by atoms with Crippen LogP contribution in [0.4, 0.5) is 37.7 Å². The van der Waals surface area contributed by atoms with Crippen LogP contribution in [0.5, 0.6) is 17.4 Å². The molecule has 68 heavy (non-hydrogen) atoms. The topological polar surface area (TPSA) is 161 Å². The molecule has 0 unspecified atom stereocenters. The zero-order valence-electron chi connectivity index (χ0n) is 36.9. The third-order valence-electron chi connectivity index (χ3n) is 11.0. The summed E-state index contributed by atoms with van der Waals surface area (Å²) in [6, 6.07) is 21.2. The molecular weight excluding hydrogens is 918 g/mol. The molecule has 21 heteroatoms. The lowest BCUT2D eigenvalue weighted by molar-refractivity contribution is -0.132. The number of nitrogens with one attached hydrogen (secondary N) is 4. The highest BCUT2D eigenvalue weighted by Gasteiger charge is 2.29. The van der Waals surface area contributed by atoms with Gasteiger partial charge >= 0.3 is 12.4 Å². The van der Waals surface area contributed by atoms with E-state index in [9.17, 15) is 35.9 Å². The van der Waals surface area contributed by atoms with Crippen LogP contribution in [-0.2, 0) is 0 Å². The Bertz CT molecular complexity index is 2980. The number of rotatable bonds is 15. The van der Waals surface area contributed by atoms with Gasteiger partial charge in [0.15, 0.2) is 27.9 Å². The van der Waals surface area contributed by atoms with Gasteiger partial charge in [-0.05, 0) is 87.1 Å². The largest absolute Gasteiger partial charge is 0.493 e. The number of methoxy groups -OCH3 is 1. The normalized spacial score (nSPS) is 13.7. The summed E-state index contributed by atoms with van der Waals surface area (Å²) in [6.07, 6.45) is -3.38. The number of halogens is 7. The third kappa shape index (κ3) is 11.7. The summed E-state index contributed by atoms with van der Waals surface area (Å²) in [7, 11) is 1.51. The number of alkyl halides is 6. The second kappa shape index (κ2) is 19.6. The molecule has 0 spiro atoms. The first-order valence-electron chi connectivity index (χ1n) is 21.6. The van der Waals surface area contributed by atoms with E-state index in [-0.39, 0.29) is 48.0 Å². The van der Waals surface area contributed by atoms with Crippen LogP contribution in [0.3, 0.4) is 0 Å². The Balaban J connectivity index is 0.000000189. The minimum atomic E-state index is -4.31. The quantitative estimate of drug-likeness (QED) is 0.0728. The number of carbonyl (C=O) groups excluding carboxylic acids is 2. The molecule has 3 aromatic carbocycles. The van der Waals surface area contributed by atoms with E-state index in [0.717, 1.165) is 47.9 Å². The van der Waals surface area contributed by atoms with Crippen LogP contribution in [0.2, 0.25) is 5.15 Å². The van der Waals surface area contributed by atoms with E-state index in [1.165, 1.54) is 28.3 Å². The number of carbonyl (C=O) groups is 2. The molecule has 0 bridgehead atoms. The number of amides is 2. The molecule has 14 nitrogen and oxygen atoms in total. The van der Waals surface area contributed by atoms with E-state index in [4.69, 9.17) is 21.1 Å². The fourth-order valence-electron chi connectivity index (χ4n) is 7.22. The van der Waals surface area contributed by atoms with Crippen LogP contribution in [-0.4, -0.2) is 85.6 Å². The second-order valence-electron chi connectivity index (χ2n) is 16.4. The molecule has 2 fully saturated rings. The van der Waals surface area contributed by atoms with Gasteiger partial charge in [-0.1, -0.05) is 35.9 Å². The number of nitrogens with zero attached hydrogens (tertiary/aromatic N) is 6. The van der Waals surface area contributed by atoms with Crippen molar-refractivity contribution in [2.45, 2.75) is 76.8 Å². The number of para-hydroxylation sites is 2. The molecule has 4 heterocycles. The molecule has 0 radical (unpaired) electrons. The lowest BCUT2D eigenvalue weighted by Gasteiger charge is -2.14. The number of fused-ring (bicyclic) bond motifs is 2. The van der Waals surface area contributed by atoms with Gasteiger partial charge < -0.3 is 30.7 Å². The lowest BCUT2D eigenvalue weighted by atomic mass is 10.0. The van der Waals surface area contributed by atoms with Crippen molar-refractivity contribution in [1.82, 2.24) is 39.8 Å². The Morgan fingerprint density at radius 2 is 1.15 bits per heavy atom. The van der Waals surface area contributed by atoms with E-state index >= 15 is 0 Å². The first-order chi connectivity index (χ1) is 32.4. The zero-order chi connectivity index (χ0) is 48.3. The molecule has 0 atom stereocenters. The average molecular weight is 963 g/mol. The van der Waals surface area contributed by atoms with Gasteiger partial charge in [-0.25, -0.2) is 19.0 Å². The van der Waals surface area contributed by atoms with Gasteiger partial charge in [-0.15, -0.1) is 5.10 Å². The van der Waals surface area contributed by atoms with Crippen molar-refractivity contribution < 1.29 is 45.4 Å². The minimum Gasteiger partial charge on any atom is -0.493 e. The van der Waals surface area contributed by atoms with E-state index in [1.54, 1.807) is 60.9 Å². The number of anilines is 2. The maximum Gasteiger partial charge on any atom is 0.390 e. The van der Waals surface area contributed by atoms with Gasteiger partial charge in [0.25, 0.3) is 11.8 Å². The van der Waals surface area contributed by atoms with Crippen molar-refractivity contribution in [1.29, 1.82) is 0 Å². The smallest absolute Gasteiger partial charge is 0.390 e. The highest BCUT2D eigenvalue weighted by molar-refractivity contribution is 6.29. The molecular formula is C47H45ClF6N10O4. The monoisotopic (exact) mass is 962 g/mol. The van der Waals surface area contributed by atoms with Crippen LogP contribution in [0, 0.1) is 13.8 Å². The molecule has 9 rings (SSSR count). The number of aromatic nitrogens is 6. The summed E-state index contributed by atoms with van der Waals surface area (Å²) in [6.45, 7) is 3.05. The van der Waals surface area contributed by atoms with Gasteiger partial charge in [0.05, 0.1) is 55.1 Å². The van der Waals surface area contributed by atoms with Crippen molar-refractivity contribution in [3.8, 4) is 39.9 Å². The lowest BCUT2D eigenvalue weighted by Crippen LogP contribution is -2.26. The first kappa shape index (κ1) is 47.4. The number of benzene rings is 3. The Hall–Kier alpha value is -7.09. The Morgan fingerprint density at radius 3 is 1.60 bits per heavy atom. The summed E-state index contributed by atoms with van der Waals surface area (Å²) in [5.41, 5.74) is 6.85. The van der Waals surface area contributed by atoms with Gasteiger partial charge in [0.1, 0.15) is 0 Å². The number of hydrogen-bond acceptors (Lipinski definition) is 10. The minimum absolute atomic E-state index is 0.1000. The number of aryl methyl sites for hydroxylation is 2. The molecule has 0 saturated heterocycles. The van der Waals surface area contributed by atoms with E-state index in [2.05, 4.69) is 41.4 Å². The summed E-state index contributed by atoms with van der Waals surface area (Å²) in [4.78, 5) is 33.6. The molecule has 2 aliphatic rings. The average Bonchev–Trinajstić information content (AvgIpc) is 4.19. The van der Waals surface area contributed by atoms with Crippen molar-refractivity contribution in [2.75, 3.05) is 30.8 Å². The zero-order valence-corrected chi connectivity index (χ0v) is 37.6. The summed E-state index contributed by atoms with van der Waals surface area (Å²) < 4.78 is 90.1. The molecule has 356 valence electrons. The summed E-state index contributed by atoms with van der Waals surface area (Å²) in [5.74, 6) is 0.788. The van der Waals surface area contributed by atoms with Crippen molar-refractivity contribution in [2.24, 2.45) is 0 Å². The van der Waals surface area contributed by atoms with E-state index < -0.39 is 25.2 Å². The van der Waals surface area contributed by atoms with Crippen LogP contribution in [0.15, 0.2) is 85.2 Å². The highest BCUT2D eigenvalue weighted by Crippen LogP contribution is 2.35. The third-order valence-corrected chi connectivity index (χ3v) is 11.2. The Labute approximate surface area is 390 Å². The summed E-state index contributed by atoms with van der Waals surface area (Å²) >= 11 is 6.09. The standard InChI is InChI=1S/C27H26F3N5O3.C20H19ClF3N5O/c1-16-13-17(7-10-19(16)26(36)33-18-8-9-18)21-15-32-25-20(31-12-11-27(28,29)30)14-24(34-35(21)25)38-23-6-4-3-5-22(23)37-2;1-11-8-12(2-5-14(11)19(30)27-13-3-4-13)16-10-26-18-15(9-17(21)28-29(16)18)25-7-6-20(22,23)24/h3-7,10,13-15,18,31H,8-9,11-12H2,1-2H3,(H,33,36);2,5,8-10,13,25H,3-4,6-7H2,1H3,(H,27,30). The Morgan fingerprint density at radius 1 is 0.676 bits per heavy atom. The summed E-state index contributed by atoms with van der Waals surface area (Å²) in [5, 5.41) is 20.4. The maximum atomic E-state index is 12.8. The molecule has 2 amide bonds. The first-order valence-corrected chi connectivity index (χ1v) is 22.0. The Kier molecular flexibility index (Phi) is 13.7. The van der Waals surface area contributed by atoms with E-state index in [1.807, 2.05) is 26.0 Å². The van der Waals surface area contributed by atoms with Crippen LogP contribution >= 0.6 is 11.6 Å². The fraction of sp³-hybridized carbons (Fsp3) is 0.319. The second-order valence-corrected chi connectivity index (χ2v) is 16.8. The molecule has 2 aliphatic carbocycles. The van der Waals surface area contributed by atoms with E-state index in [0.29, 0.717) is 56.7 Å². The fourth-order valence-corrected chi connectivity index (χ4v) is 7.40. The van der Waals surface area contributed by atoms with Gasteiger partial charge in [-0.3, -0.25) is 9.59 Å².